The van der Waals surface area contributed by atoms with E-state index in [0.29, 0.717) is 24.3 Å². The number of anilines is 2. The van der Waals surface area contributed by atoms with Crippen LogP contribution in [0.15, 0.2) is 18.2 Å². The third-order valence-electron chi connectivity index (χ3n) is 3.13. The maximum absolute atomic E-state index is 12.4. The van der Waals surface area contributed by atoms with Gasteiger partial charge in [-0.3, -0.25) is 9.59 Å². The number of nitrogens with one attached hydrogen (secondary N) is 1. The number of nitrogen functional groups attached to an aromatic ring is 1. The summed E-state index contributed by atoms with van der Waals surface area (Å²) in [5, 5.41) is 2.69. The van der Waals surface area contributed by atoms with Crippen LogP contribution < -0.4 is 16.0 Å². The first-order valence-electron chi connectivity index (χ1n) is 7.03. The van der Waals surface area contributed by atoms with Gasteiger partial charge in [0.05, 0.1) is 17.9 Å². The summed E-state index contributed by atoms with van der Waals surface area (Å²) >= 11 is 0. The van der Waals surface area contributed by atoms with Gasteiger partial charge in [-0.25, -0.2) is 0 Å². The Morgan fingerprint density at radius 3 is 2.38 bits per heavy atom. The molecule has 1 aromatic rings. The minimum absolute atomic E-state index is 0.0541. The fourth-order valence-electron chi connectivity index (χ4n) is 2.03. The minimum atomic E-state index is -0.194. The average molecular weight is 292 g/mol. The first-order chi connectivity index (χ1) is 9.90. The number of carbonyl (C=O) groups is 2. The zero-order chi connectivity index (χ0) is 16.0. The second kappa shape index (κ2) is 7.52. The van der Waals surface area contributed by atoms with Crippen LogP contribution in [0, 0.1) is 0 Å². The van der Waals surface area contributed by atoms with Crippen molar-refractivity contribution in [3.8, 4) is 0 Å². The molecule has 0 aliphatic carbocycles. The van der Waals surface area contributed by atoms with E-state index in [2.05, 4.69) is 5.32 Å². The Morgan fingerprint density at radius 1 is 1.24 bits per heavy atom. The van der Waals surface area contributed by atoms with Gasteiger partial charge in [-0.05, 0) is 32.0 Å². The molecule has 2 amide bonds. The van der Waals surface area contributed by atoms with Crippen molar-refractivity contribution < 1.29 is 9.59 Å². The molecule has 0 aromatic heterocycles. The summed E-state index contributed by atoms with van der Waals surface area (Å²) in [4.78, 5) is 27.4. The highest BCUT2D eigenvalue weighted by atomic mass is 16.2. The van der Waals surface area contributed by atoms with Gasteiger partial charge in [0.15, 0.2) is 0 Å². The summed E-state index contributed by atoms with van der Waals surface area (Å²) in [5.41, 5.74) is 7.85. The van der Waals surface area contributed by atoms with Gasteiger partial charge in [-0.15, -0.1) is 0 Å². The van der Waals surface area contributed by atoms with Crippen LogP contribution in [0.1, 0.15) is 24.2 Å². The molecule has 6 heteroatoms. The number of amides is 2. The van der Waals surface area contributed by atoms with E-state index in [1.807, 2.05) is 38.9 Å². The van der Waals surface area contributed by atoms with E-state index in [1.54, 1.807) is 12.1 Å². The normalized spacial score (nSPS) is 10.1. The lowest BCUT2D eigenvalue weighted by Gasteiger charge is -2.21. The molecule has 0 heterocycles. The summed E-state index contributed by atoms with van der Waals surface area (Å²) in [6, 6.07) is 5.19. The number of carbonyl (C=O) groups excluding carboxylic acids is 2. The third-order valence-corrected chi connectivity index (χ3v) is 3.13. The lowest BCUT2D eigenvalue weighted by atomic mass is 10.1. The predicted molar refractivity (Wildman–Crippen MR) is 85.4 cm³/mol. The Hall–Kier alpha value is -2.24. The predicted octanol–water partition coefficient (Wildman–Crippen LogP) is 0.933. The van der Waals surface area contributed by atoms with Crippen LogP contribution in [0.25, 0.3) is 0 Å². The molecule has 116 valence electrons. The van der Waals surface area contributed by atoms with Crippen molar-refractivity contribution in [2.24, 2.45) is 0 Å². The Balaban J connectivity index is 2.90. The van der Waals surface area contributed by atoms with Gasteiger partial charge >= 0.3 is 0 Å². The van der Waals surface area contributed by atoms with E-state index in [9.17, 15) is 9.59 Å². The van der Waals surface area contributed by atoms with Gasteiger partial charge in [-0.2, -0.15) is 0 Å². The summed E-state index contributed by atoms with van der Waals surface area (Å²) < 4.78 is 0. The fraction of sp³-hybridized carbons (Fsp3) is 0.467. The van der Waals surface area contributed by atoms with Gasteiger partial charge < -0.3 is 20.9 Å². The molecule has 0 radical (unpaired) electrons. The average Bonchev–Trinajstić information content (AvgIpc) is 2.43. The van der Waals surface area contributed by atoms with Gasteiger partial charge in [0.25, 0.3) is 5.91 Å². The largest absolute Gasteiger partial charge is 0.397 e. The van der Waals surface area contributed by atoms with Crippen molar-refractivity contribution in [1.29, 1.82) is 0 Å². The molecule has 0 fully saturated rings. The van der Waals surface area contributed by atoms with Crippen LogP contribution in [0.2, 0.25) is 0 Å². The van der Waals surface area contributed by atoms with E-state index >= 15 is 0 Å². The molecule has 0 aliphatic rings. The van der Waals surface area contributed by atoms with Gasteiger partial charge in [0.1, 0.15) is 0 Å². The number of rotatable bonds is 6. The minimum Gasteiger partial charge on any atom is -0.397 e. The molecule has 1 aromatic carbocycles. The molecule has 0 aliphatic heterocycles. The Morgan fingerprint density at radius 2 is 1.90 bits per heavy atom. The molecule has 0 saturated carbocycles. The summed E-state index contributed by atoms with van der Waals surface area (Å²) in [6.45, 7) is 4.75. The zero-order valence-corrected chi connectivity index (χ0v) is 13.1. The third kappa shape index (κ3) is 4.37. The molecule has 6 nitrogen and oxygen atoms in total. The van der Waals surface area contributed by atoms with Gasteiger partial charge in [-0.1, -0.05) is 0 Å². The van der Waals surface area contributed by atoms with Crippen molar-refractivity contribution in [3.05, 3.63) is 23.8 Å². The Bertz CT molecular complexity index is 514. The molecular weight excluding hydrogens is 268 g/mol. The van der Waals surface area contributed by atoms with Crippen LogP contribution in [-0.4, -0.2) is 50.4 Å². The first-order valence-corrected chi connectivity index (χ1v) is 7.03. The molecule has 0 saturated heterocycles. The maximum atomic E-state index is 12.4. The highest BCUT2D eigenvalue weighted by Gasteiger charge is 2.18. The summed E-state index contributed by atoms with van der Waals surface area (Å²) in [7, 11) is 3.78. The smallest absolute Gasteiger partial charge is 0.254 e. The zero-order valence-electron chi connectivity index (χ0n) is 13.1. The molecule has 0 atom stereocenters. The number of hydrogen-bond donors (Lipinski definition) is 2. The van der Waals surface area contributed by atoms with Gasteiger partial charge in [0.2, 0.25) is 5.91 Å². The standard InChI is InChI=1S/C15H24N4O2/c1-5-17-14(20)10-19(6-2)15(21)11-7-8-13(18(3)4)12(16)9-11/h7-9H,5-6,10,16H2,1-4H3,(H,17,20). The Labute approximate surface area is 125 Å². The highest BCUT2D eigenvalue weighted by molar-refractivity contribution is 5.98. The molecular formula is C15H24N4O2. The van der Waals surface area contributed by atoms with Crippen molar-refractivity contribution in [2.45, 2.75) is 13.8 Å². The summed E-state index contributed by atoms with van der Waals surface area (Å²) in [5.74, 6) is -0.355. The molecule has 21 heavy (non-hydrogen) atoms. The Kier molecular flexibility index (Phi) is 6.02. The van der Waals surface area contributed by atoms with E-state index in [1.165, 1.54) is 4.90 Å². The summed E-state index contributed by atoms with van der Waals surface area (Å²) in [6.07, 6.45) is 0. The highest BCUT2D eigenvalue weighted by Crippen LogP contribution is 2.23. The lowest BCUT2D eigenvalue weighted by Crippen LogP contribution is -2.40. The van der Waals surface area contributed by atoms with E-state index < -0.39 is 0 Å². The van der Waals surface area contributed by atoms with E-state index in [0.717, 1.165) is 5.69 Å². The van der Waals surface area contributed by atoms with Crippen molar-refractivity contribution in [2.75, 3.05) is 44.4 Å². The molecule has 0 spiro atoms. The number of likely N-dealkylation sites (N-methyl/N-ethyl adjacent to an activating group) is 2. The van der Waals surface area contributed by atoms with Crippen molar-refractivity contribution in [3.63, 3.8) is 0 Å². The van der Waals surface area contributed by atoms with Crippen molar-refractivity contribution in [1.82, 2.24) is 10.2 Å². The van der Waals surface area contributed by atoms with Crippen LogP contribution in [0.5, 0.6) is 0 Å². The van der Waals surface area contributed by atoms with E-state index in [4.69, 9.17) is 5.73 Å². The van der Waals surface area contributed by atoms with Crippen LogP contribution in [0.3, 0.4) is 0 Å². The monoisotopic (exact) mass is 292 g/mol. The molecule has 1 rings (SSSR count). The lowest BCUT2D eigenvalue weighted by molar-refractivity contribution is -0.121. The molecule has 0 bridgehead atoms. The number of nitrogens with zero attached hydrogens (tertiary/aromatic N) is 2. The van der Waals surface area contributed by atoms with Gasteiger partial charge in [0, 0.05) is 32.7 Å². The second-order valence-electron chi connectivity index (χ2n) is 4.94. The van der Waals surface area contributed by atoms with Crippen molar-refractivity contribution >= 4 is 23.2 Å². The second-order valence-corrected chi connectivity index (χ2v) is 4.94. The first kappa shape index (κ1) is 16.8. The quantitative estimate of drug-likeness (QED) is 0.765. The van der Waals surface area contributed by atoms with Crippen LogP contribution >= 0.6 is 0 Å². The SMILES string of the molecule is CCNC(=O)CN(CC)C(=O)c1ccc(N(C)C)c(N)c1. The van der Waals surface area contributed by atoms with Crippen LogP contribution in [0.4, 0.5) is 11.4 Å². The van der Waals surface area contributed by atoms with E-state index in [-0.39, 0.29) is 18.4 Å². The topological polar surface area (TPSA) is 78.7 Å². The molecule has 0 unspecified atom stereocenters. The number of benzene rings is 1. The molecule has 3 N–H and O–H groups in total. The number of nitrogens with two attached hydrogens (primary N) is 1. The number of hydrogen-bond acceptors (Lipinski definition) is 4. The van der Waals surface area contributed by atoms with Crippen LogP contribution in [-0.2, 0) is 4.79 Å². The maximum Gasteiger partial charge on any atom is 0.254 e. The fourth-order valence-corrected chi connectivity index (χ4v) is 2.03.